The Kier molecular flexibility index (Phi) is 3.74. The first-order valence-corrected chi connectivity index (χ1v) is 7.24. The van der Waals surface area contributed by atoms with E-state index in [0.29, 0.717) is 5.92 Å². The van der Waals surface area contributed by atoms with E-state index in [0.717, 1.165) is 25.3 Å². The minimum Gasteiger partial charge on any atom is -0.493 e. The highest BCUT2D eigenvalue weighted by Gasteiger charge is 2.33. The van der Waals surface area contributed by atoms with Gasteiger partial charge in [0.2, 0.25) is 0 Å². The molecule has 0 amide bonds. The van der Waals surface area contributed by atoms with Crippen LogP contribution in [0, 0.1) is 0 Å². The Morgan fingerprint density at radius 1 is 1.40 bits per heavy atom. The fraction of sp³-hybridized carbons (Fsp3) is 0.438. The van der Waals surface area contributed by atoms with E-state index < -0.39 is 0 Å². The van der Waals surface area contributed by atoms with Crippen LogP contribution in [-0.2, 0) is 7.05 Å². The highest BCUT2D eigenvalue weighted by Crippen LogP contribution is 2.40. The number of fused-ring (bicyclic) bond motifs is 1. The van der Waals surface area contributed by atoms with E-state index in [1.807, 2.05) is 24.0 Å². The third kappa shape index (κ3) is 2.31. The highest BCUT2D eigenvalue weighted by molar-refractivity contribution is 5.41. The molecule has 0 spiro atoms. The molecule has 1 aliphatic heterocycles. The van der Waals surface area contributed by atoms with E-state index in [2.05, 4.69) is 41.6 Å². The SMILES string of the molecule is CCCNC(c1ccnn1C)C1COc2ccccc21. The maximum atomic E-state index is 5.84. The summed E-state index contributed by atoms with van der Waals surface area (Å²) in [5.74, 6) is 1.36. The van der Waals surface area contributed by atoms with Gasteiger partial charge in [0.1, 0.15) is 5.75 Å². The standard InChI is InChI=1S/C16H21N3O/c1-3-9-17-16(14-8-10-18-19(14)2)13-11-20-15-7-5-4-6-12(13)15/h4-8,10,13,16-17H,3,9,11H2,1-2H3. The van der Waals surface area contributed by atoms with E-state index in [-0.39, 0.29) is 6.04 Å². The zero-order valence-corrected chi connectivity index (χ0v) is 12.0. The molecule has 1 aromatic heterocycles. The Balaban J connectivity index is 1.93. The molecule has 4 heteroatoms. The fourth-order valence-electron chi connectivity index (χ4n) is 2.91. The number of ether oxygens (including phenoxy) is 1. The van der Waals surface area contributed by atoms with Crippen LogP contribution >= 0.6 is 0 Å². The molecule has 0 radical (unpaired) electrons. The summed E-state index contributed by atoms with van der Waals surface area (Å²) in [7, 11) is 2.00. The first kappa shape index (κ1) is 13.2. The van der Waals surface area contributed by atoms with Crippen LogP contribution in [0.1, 0.15) is 36.6 Å². The number of rotatable bonds is 5. The molecular weight excluding hydrogens is 250 g/mol. The molecule has 106 valence electrons. The van der Waals surface area contributed by atoms with Gasteiger partial charge in [0.15, 0.2) is 0 Å². The zero-order valence-electron chi connectivity index (χ0n) is 12.0. The molecule has 0 saturated heterocycles. The van der Waals surface area contributed by atoms with Crippen LogP contribution in [0.3, 0.4) is 0 Å². The summed E-state index contributed by atoms with van der Waals surface area (Å²) in [4.78, 5) is 0. The monoisotopic (exact) mass is 271 g/mol. The molecule has 1 aromatic carbocycles. The van der Waals surface area contributed by atoms with Crippen LogP contribution in [0.4, 0.5) is 0 Å². The summed E-state index contributed by atoms with van der Waals surface area (Å²) in [6.45, 7) is 3.91. The van der Waals surface area contributed by atoms with Crippen LogP contribution in [0.2, 0.25) is 0 Å². The van der Waals surface area contributed by atoms with E-state index in [1.165, 1.54) is 11.3 Å². The van der Waals surface area contributed by atoms with Gasteiger partial charge in [-0.25, -0.2) is 0 Å². The van der Waals surface area contributed by atoms with Crippen molar-refractivity contribution in [3.8, 4) is 5.75 Å². The van der Waals surface area contributed by atoms with Crippen LogP contribution in [0.15, 0.2) is 36.5 Å². The Morgan fingerprint density at radius 2 is 2.25 bits per heavy atom. The fourth-order valence-corrected chi connectivity index (χ4v) is 2.91. The van der Waals surface area contributed by atoms with Crippen LogP contribution in [-0.4, -0.2) is 22.9 Å². The van der Waals surface area contributed by atoms with Crippen molar-refractivity contribution in [2.24, 2.45) is 7.05 Å². The number of hydrogen-bond acceptors (Lipinski definition) is 3. The zero-order chi connectivity index (χ0) is 13.9. The second-order valence-corrected chi connectivity index (χ2v) is 5.27. The summed E-state index contributed by atoms with van der Waals surface area (Å²) >= 11 is 0. The van der Waals surface area contributed by atoms with Crippen LogP contribution < -0.4 is 10.1 Å². The smallest absolute Gasteiger partial charge is 0.122 e. The maximum absolute atomic E-state index is 5.84. The second-order valence-electron chi connectivity index (χ2n) is 5.27. The lowest BCUT2D eigenvalue weighted by atomic mass is 9.91. The van der Waals surface area contributed by atoms with E-state index in [9.17, 15) is 0 Å². The van der Waals surface area contributed by atoms with Gasteiger partial charge in [-0.3, -0.25) is 4.68 Å². The molecule has 2 heterocycles. The molecule has 0 fully saturated rings. The molecule has 0 saturated carbocycles. The quantitative estimate of drug-likeness (QED) is 0.908. The molecule has 4 nitrogen and oxygen atoms in total. The van der Waals surface area contributed by atoms with Crippen molar-refractivity contribution in [1.82, 2.24) is 15.1 Å². The van der Waals surface area contributed by atoms with Gasteiger partial charge in [-0.15, -0.1) is 0 Å². The molecule has 2 atom stereocenters. The summed E-state index contributed by atoms with van der Waals surface area (Å²) in [5.41, 5.74) is 2.51. The number of benzene rings is 1. The molecule has 0 bridgehead atoms. The molecule has 0 aliphatic carbocycles. The van der Waals surface area contributed by atoms with Crippen molar-refractivity contribution in [3.05, 3.63) is 47.8 Å². The highest BCUT2D eigenvalue weighted by atomic mass is 16.5. The molecule has 1 N–H and O–H groups in total. The topological polar surface area (TPSA) is 39.1 Å². The third-order valence-electron chi connectivity index (χ3n) is 3.93. The van der Waals surface area contributed by atoms with Crippen molar-refractivity contribution < 1.29 is 4.74 Å². The number of aryl methyl sites for hydroxylation is 1. The molecule has 2 unspecified atom stereocenters. The number of para-hydroxylation sites is 1. The average Bonchev–Trinajstić information content (AvgIpc) is 3.07. The van der Waals surface area contributed by atoms with Gasteiger partial charge >= 0.3 is 0 Å². The van der Waals surface area contributed by atoms with Gasteiger partial charge in [0, 0.05) is 24.7 Å². The Bertz CT molecular complexity index is 579. The van der Waals surface area contributed by atoms with Gasteiger partial charge in [0.25, 0.3) is 0 Å². The lowest BCUT2D eigenvalue weighted by molar-refractivity contribution is 0.294. The van der Waals surface area contributed by atoms with Crippen molar-refractivity contribution >= 4 is 0 Å². The Hall–Kier alpha value is -1.81. The summed E-state index contributed by atoms with van der Waals surface area (Å²) in [6.07, 6.45) is 2.97. The number of hydrogen-bond donors (Lipinski definition) is 1. The molecule has 3 rings (SSSR count). The number of nitrogens with zero attached hydrogens (tertiary/aromatic N) is 2. The van der Waals surface area contributed by atoms with Gasteiger partial charge in [-0.05, 0) is 25.1 Å². The van der Waals surface area contributed by atoms with Gasteiger partial charge in [0.05, 0.1) is 18.3 Å². The summed E-state index contributed by atoms with van der Waals surface area (Å²) in [6, 6.07) is 10.7. The predicted octanol–water partition coefficient (Wildman–Crippen LogP) is 2.64. The van der Waals surface area contributed by atoms with Gasteiger partial charge in [-0.1, -0.05) is 25.1 Å². The first-order valence-electron chi connectivity index (χ1n) is 7.24. The molecule has 2 aromatic rings. The van der Waals surface area contributed by atoms with Crippen molar-refractivity contribution in [1.29, 1.82) is 0 Å². The number of nitrogens with one attached hydrogen (secondary N) is 1. The average molecular weight is 271 g/mol. The van der Waals surface area contributed by atoms with E-state index in [4.69, 9.17) is 4.74 Å². The summed E-state index contributed by atoms with van der Waals surface area (Å²) in [5, 5.41) is 7.96. The van der Waals surface area contributed by atoms with Gasteiger partial charge < -0.3 is 10.1 Å². The van der Waals surface area contributed by atoms with Crippen molar-refractivity contribution in [3.63, 3.8) is 0 Å². The van der Waals surface area contributed by atoms with Crippen molar-refractivity contribution in [2.45, 2.75) is 25.3 Å². The number of aromatic nitrogens is 2. The second kappa shape index (κ2) is 5.67. The minimum atomic E-state index is 0.242. The lowest BCUT2D eigenvalue weighted by Gasteiger charge is -2.24. The van der Waals surface area contributed by atoms with E-state index in [1.54, 1.807) is 0 Å². The van der Waals surface area contributed by atoms with Crippen LogP contribution in [0.5, 0.6) is 5.75 Å². The minimum absolute atomic E-state index is 0.242. The largest absolute Gasteiger partial charge is 0.493 e. The lowest BCUT2D eigenvalue weighted by Crippen LogP contribution is -2.30. The Morgan fingerprint density at radius 3 is 3.00 bits per heavy atom. The van der Waals surface area contributed by atoms with Crippen LogP contribution in [0.25, 0.3) is 0 Å². The maximum Gasteiger partial charge on any atom is 0.122 e. The van der Waals surface area contributed by atoms with Crippen molar-refractivity contribution in [2.75, 3.05) is 13.2 Å². The molecule has 20 heavy (non-hydrogen) atoms. The Labute approximate surface area is 119 Å². The first-order chi connectivity index (χ1) is 9.81. The molecular formula is C16H21N3O. The normalized spacial score (nSPS) is 18.6. The van der Waals surface area contributed by atoms with Gasteiger partial charge in [-0.2, -0.15) is 5.10 Å². The third-order valence-corrected chi connectivity index (χ3v) is 3.93. The van der Waals surface area contributed by atoms with E-state index >= 15 is 0 Å². The summed E-state index contributed by atoms with van der Waals surface area (Å²) < 4.78 is 7.79. The molecule has 1 aliphatic rings. The predicted molar refractivity (Wildman–Crippen MR) is 78.9 cm³/mol.